The highest BCUT2D eigenvalue weighted by atomic mass is 16.4. The van der Waals surface area contributed by atoms with Gasteiger partial charge in [-0.15, -0.1) is 0 Å². The number of nitrogens with two attached hydrogens (primary N) is 1. The lowest BCUT2D eigenvalue weighted by molar-refractivity contribution is 0.0697. The molecule has 1 aromatic heterocycles. The normalized spacial score (nSPS) is 10.4. The first-order valence-corrected chi connectivity index (χ1v) is 5.91. The van der Waals surface area contributed by atoms with Crippen molar-refractivity contribution in [1.29, 1.82) is 0 Å². The van der Waals surface area contributed by atoms with Gasteiger partial charge >= 0.3 is 5.97 Å². The standard InChI is InChI=1S/C13H16N4O2/c1-17-10(5-7-16-17)4-6-15-12-8-9(13(18)19)2-3-11(12)14/h2-3,5,7-8,15H,4,6,14H2,1H3,(H,18,19). The Kier molecular flexibility index (Phi) is 3.70. The second-order valence-electron chi connectivity index (χ2n) is 4.23. The lowest BCUT2D eigenvalue weighted by Gasteiger charge is -2.10. The molecule has 0 aliphatic heterocycles. The van der Waals surface area contributed by atoms with Gasteiger partial charge < -0.3 is 16.2 Å². The SMILES string of the molecule is Cn1nccc1CCNc1cc(C(=O)O)ccc1N. The molecule has 19 heavy (non-hydrogen) atoms. The number of carboxylic acid groups (broad SMARTS) is 1. The van der Waals surface area contributed by atoms with Crippen molar-refractivity contribution in [2.45, 2.75) is 6.42 Å². The molecular weight excluding hydrogens is 244 g/mol. The monoisotopic (exact) mass is 260 g/mol. The Balaban J connectivity index is 2.01. The van der Waals surface area contributed by atoms with Gasteiger partial charge in [0.2, 0.25) is 0 Å². The summed E-state index contributed by atoms with van der Waals surface area (Å²) in [4.78, 5) is 10.9. The summed E-state index contributed by atoms with van der Waals surface area (Å²) in [6, 6.07) is 6.57. The van der Waals surface area contributed by atoms with Crippen molar-refractivity contribution in [2.24, 2.45) is 7.05 Å². The highest BCUT2D eigenvalue weighted by molar-refractivity contribution is 5.90. The maximum atomic E-state index is 10.9. The quantitative estimate of drug-likeness (QED) is 0.706. The summed E-state index contributed by atoms with van der Waals surface area (Å²) >= 11 is 0. The van der Waals surface area contributed by atoms with Crippen LogP contribution in [-0.4, -0.2) is 27.4 Å². The van der Waals surface area contributed by atoms with E-state index in [9.17, 15) is 4.79 Å². The number of carboxylic acids is 1. The van der Waals surface area contributed by atoms with Crippen molar-refractivity contribution < 1.29 is 9.90 Å². The van der Waals surface area contributed by atoms with Crippen LogP contribution in [0.4, 0.5) is 11.4 Å². The molecular formula is C13H16N4O2. The Morgan fingerprint density at radius 1 is 1.47 bits per heavy atom. The summed E-state index contributed by atoms with van der Waals surface area (Å²) in [6.45, 7) is 0.660. The number of hydrogen-bond acceptors (Lipinski definition) is 4. The Morgan fingerprint density at radius 3 is 2.89 bits per heavy atom. The molecule has 0 atom stereocenters. The molecule has 0 fully saturated rings. The average Bonchev–Trinajstić information content (AvgIpc) is 2.77. The third kappa shape index (κ3) is 3.04. The number of anilines is 2. The molecule has 6 nitrogen and oxygen atoms in total. The van der Waals surface area contributed by atoms with Crippen LogP contribution < -0.4 is 11.1 Å². The molecule has 4 N–H and O–H groups in total. The van der Waals surface area contributed by atoms with Crippen LogP contribution in [0.25, 0.3) is 0 Å². The Bertz CT molecular complexity index is 592. The lowest BCUT2D eigenvalue weighted by atomic mass is 10.1. The number of aromatic carboxylic acids is 1. The molecule has 100 valence electrons. The largest absolute Gasteiger partial charge is 0.478 e. The van der Waals surface area contributed by atoms with Crippen molar-refractivity contribution in [1.82, 2.24) is 9.78 Å². The zero-order valence-corrected chi connectivity index (χ0v) is 10.6. The summed E-state index contributed by atoms with van der Waals surface area (Å²) in [5.74, 6) is -0.963. The number of hydrogen-bond donors (Lipinski definition) is 3. The van der Waals surface area contributed by atoms with E-state index in [-0.39, 0.29) is 5.56 Å². The number of nitrogen functional groups attached to an aromatic ring is 1. The van der Waals surface area contributed by atoms with Crippen LogP contribution in [-0.2, 0) is 13.5 Å². The zero-order chi connectivity index (χ0) is 13.8. The summed E-state index contributed by atoms with van der Waals surface area (Å²) in [6.07, 6.45) is 2.53. The molecule has 2 rings (SSSR count). The predicted molar refractivity (Wildman–Crippen MR) is 73.2 cm³/mol. The third-order valence-corrected chi connectivity index (χ3v) is 2.92. The molecule has 0 radical (unpaired) electrons. The average molecular weight is 260 g/mol. The minimum absolute atomic E-state index is 0.220. The van der Waals surface area contributed by atoms with E-state index in [0.717, 1.165) is 12.1 Å². The van der Waals surface area contributed by atoms with Crippen LogP contribution in [0.2, 0.25) is 0 Å². The van der Waals surface area contributed by atoms with Crippen molar-refractivity contribution in [2.75, 3.05) is 17.6 Å². The molecule has 0 aliphatic carbocycles. The highest BCUT2D eigenvalue weighted by Crippen LogP contribution is 2.20. The van der Waals surface area contributed by atoms with E-state index < -0.39 is 5.97 Å². The number of benzene rings is 1. The van der Waals surface area contributed by atoms with Gasteiger partial charge in [0.15, 0.2) is 0 Å². The summed E-state index contributed by atoms with van der Waals surface area (Å²) in [7, 11) is 1.88. The second kappa shape index (κ2) is 5.43. The van der Waals surface area contributed by atoms with Crippen molar-refractivity contribution >= 4 is 17.3 Å². The third-order valence-electron chi connectivity index (χ3n) is 2.92. The van der Waals surface area contributed by atoms with Gasteiger partial charge in [0, 0.05) is 31.9 Å². The molecule has 1 aromatic carbocycles. The van der Waals surface area contributed by atoms with E-state index in [1.54, 1.807) is 23.0 Å². The van der Waals surface area contributed by atoms with E-state index in [0.29, 0.717) is 17.9 Å². The van der Waals surface area contributed by atoms with E-state index in [4.69, 9.17) is 10.8 Å². The van der Waals surface area contributed by atoms with Gasteiger partial charge in [-0.3, -0.25) is 4.68 Å². The predicted octanol–water partition coefficient (Wildman–Crippen LogP) is 1.36. The van der Waals surface area contributed by atoms with Crippen molar-refractivity contribution in [3.63, 3.8) is 0 Å². The number of nitrogens with zero attached hydrogens (tertiary/aromatic N) is 2. The molecule has 0 amide bonds. The van der Waals surface area contributed by atoms with E-state index >= 15 is 0 Å². The first kappa shape index (κ1) is 12.9. The number of rotatable bonds is 5. The summed E-state index contributed by atoms with van der Waals surface area (Å²) in [5, 5.41) is 16.2. The van der Waals surface area contributed by atoms with Crippen molar-refractivity contribution in [3.05, 3.63) is 41.7 Å². The fourth-order valence-electron chi connectivity index (χ4n) is 1.81. The summed E-state index contributed by atoms with van der Waals surface area (Å²) in [5.41, 5.74) is 8.30. The fraction of sp³-hybridized carbons (Fsp3) is 0.231. The molecule has 0 unspecified atom stereocenters. The first-order chi connectivity index (χ1) is 9.08. The minimum atomic E-state index is -0.963. The topological polar surface area (TPSA) is 93.2 Å². The van der Waals surface area contributed by atoms with Gasteiger partial charge in [-0.25, -0.2) is 4.79 Å². The highest BCUT2D eigenvalue weighted by Gasteiger charge is 2.06. The molecule has 0 saturated heterocycles. The van der Waals surface area contributed by atoms with Crippen LogP contribution in [0.5, 0.6) is 0 Å². The van der Waals surface area contributed by atoms with Gasteiger partial charge in [-0.2, -0.15) is 5.10 Å². The van der Waals surface area contributed by atoms with Crippen LogP contribution in [0.3, 0.4) is 0 Å². The van der Waals surface area contributed by atoms with Gasteiger partial charge in [0.25, 0.3) is 0 Å². The van der Waals surface area contributed by atoms with Crippen LogP contribution in [0.1, 0.15) is 16.1 Å². The van der Waals surface area contributed by atoms with Gasteiger partial charge in [-0.05, 0) is 24.3 Å². The van der Waals surface area contributed by atoms with E-state index in [2.05, 4.69) is 10.4 Å². The lowest BCUT2D eigenvalue weighted by Crippen LogP contribution is -2.10. The minimum Gasteiger partial charge on any atom is -0.478 e. The number of aryl methyl sites for hydroxylation is 1. The molecule has 1 heterocycles. The first-order valence-electron chi connectivity index (χ1n) is 5.91. The van der Waals surface area contributed by atoms with Gasteiger partial charge in [0.1, 0.15) is 0 Å². The Morgan fingerprint density at radius 2 is 2.26 bits per heavy atom. The maximum Gasteiger partial charge on any atom is 0.335 e. The molecule has 2 aromatic rings. The molecule has 6 heteroatoms. The second-order valence-corrected chi connectivity index (χ2v) is 4.23. The maximum absolute atomic E-state index is 10.9. The zero-order valence-electron chi connectivity index (χ0n) is 10.6. The number of aromatic nitrogens is 2. The van der Waals surface area contributed by atoms with Crippen LogP contribution >= 0.6 is 0 Å². The smallest absolute Gasteiger partial charge is 0.335 e. The molecule has 0 aliphatic rings. The van der Waals surface area contributed by atoms with E-state index in [1.807, 2.05) is 13.1 Å². The van der Waals surface area contributed by atoms with Gasteiger partial charge in [0.05, 0.1) is 16.9 Å². The van der Waals surface area contributed by atoms with Crippen LogP contribution in [0.15, 0.2) is 30.5 Å². The van der Waals surface area contributed by atoms with Gasteiger partial charge in [-0.1, -0.05) is 0 Å². The number of nitrogens with one attached hydrogen (secondary N) is 1. The Hall–Kier alpha value is -2.50. The van der Waals surface area contributed by atoms with Crippen molar-refractivity contribution in [3.8, 4) is 0 Å². The number of carbonyl (C=O) groups is 1. The molecule has 0 bridgehead atoms. The van der Waals surface area contributed by atoms with E-state index in [1.165, 1.54) is 6.07 Å². The molecule has 0 spiro atoms. The fourth-order valence-corrected chi connectivity index (χ4v) is 1.81. The Labute approximate surface area is 110 Å². The summed E-state index contributed by atoms with van der Waals surface area (Å²) < 4.78 is 1.80. The van der Waals surface area contributed by atoms with Crippen LogP contribution in [0, 0.1) is 0 Å². The molecule has 0 saturated carbocycles.